The number of hydrogen-bond acceptors (Lipinski definition) is 0. The molecule has 0 heterocycles. The molecule has 0 amide bonds. The van der Waals surface area contributed by atoms with Crippen LogP contribution in [0.4, 0.5) is 0 Å². The largest absolute Gasteiger partial charge is 0.230 e. The van der Waals surface area contributed by atoms with Crippen LogP contribution in [0.5, 0.6) is 0 Å². The van der Waals surface area contributed by atoms with Crippen LogP contribution in [0.3, 0.4) is 0 Å². The quantitative estimate of drug-likeness (QED) is 0.0495. The molecule has 0 aliphatic rings. The fourth-order valence-electron chi connectivity index (χ4n) is 15.2. The molecule has 0 N–H and O–H groups in total. The van der Waals surface area contributed by atoms with Crippen LogP contribution in [-0.4, -0.2) is 32.3 Å². The Labute approximate surface area is 591 Å². The summed E-state index contributed by atoms with van der Waals surface area (Å²) in [4.78, 5) is 0. The van der Waals surface area contributed by atoms with Gasteiger partial charge in [-0.15, -0.1) is 22.2 Å². The van der Waals surface area contributed by atoms with Crippen molar-refractivity contribution in [2.24, 2.45) is 0 Å². The van der Waals surface area contributed by atoms with E-state index in [0.29, 0.717) is 0 Å². The minimum absolute atomic E-state index is 0.911. The van der Waals surface area contributed by atoms with E-state index in [0.717, 1.165) is 54.6 Å². The van der Waals surface area contributed by atoms with Crippen molar-refractivity contribution in [3.05, 3.63) is 423 Å². The number of rotatable bonds is 12. The lowest BCUT2D eigenvalue weighted by Gasteiger charge is -2.28. The van der Waals surface area contributed by atoms with Gasteiger partial charge in [-0.1, -0.05) is 412 Å². The van der Waals surface area contributed by atoms with E-state index < -0.39 is 32.3 Å². The third kappa shape index (κ3) is 11.2. The third-order valence-corrected chi connectivity index (χ3v) is 36.3. The van der Waals surface area contributed by atoms with Gasteiger partial charge in [-0.05, 0) is 107 Å². The molecule has 0 bridgehead atoms. The Hall–Kier alpha value is -12.3. The average Bonchev–Trinajstić information content (AvgIpc) is 0.717. The summed E-state index contributed by atoms with van der Waals surface area (Å²) in [6, 6.07) is 146. The summed E-state index contributed by atoms with van der Waals surface area (Å²) in [6.07, 6.45) is 0. The Morgan fingerprint density at radius 1 is 0.140 bits per heavy atom. The van der Waals surface area contributed by atoms with Gasteiger partial charge >= 0.3 is 0 Å². The van der Waals surface area contributed by atoms with Crippen molar-refractivity contribution in [3.63, 3.8) is 0 Å². The van der Waals surface area contributed by atoms with Crippen molar-refractivity contribution >= 4 is 127 Å². The van der Waals surface area contributed by atoms with Gasteiger partial charge in [-0.2, -0.15) is 0 Å². The summed E-state index contributed by atoms with van der Waals surface area (Å²) in [6.45, 7) is 0. The third-order valence-electron chi connectivity index (χ3n) is 19.9. The molecule has 0 saturated heterocycles. The van der Waals surface area contributed by atoms with Gasteiger partial charge in [-0.25, -0.2) is 0 Å². The van der Waals surface area contributed by atoms with E-state index in [1.165, 1.54) is 62.2 Å². The van der Waals surface area contributed by atoms with Gasteiger partial charge in [0.25, 0.3) is 0 Å². The molecule has 4 heteroatoms. The molecular formula is C96H66Si4. The number of hydrogen-bond donors (Lipinski definition) is 0. The van der Waals surface area contributed by atoms with Crippen molar-refractivity contribution in [1.29, 1.82) is 0 Å². The van der Waals surface area contributed by atoms with Crippen molar-refractivity contribution < 1.29 is 0 Å². The van der Waals surface area contributed by atoms with E-state index in [-0.39, 0.29) is 0 Å². The molecule has 0 spiro atoms. The summed E-state index contributed by atoms with van der Waals surface area (Å²) in [7, 11) is -12.5. The van der Waals surface area contributed by atoms with Crippen LogP contribution >= 0.6 is 0 Å². The second kappa shape index (κ2) is 27.7. The Kier molecular flexibility index (Phi) is 17.3. The Bertz CT molecular complexity index is 4690. The zero-order valence-electron chi connectivity index (χ0n) is 55.1. The van der Waals surface area contributed by atoms with E-state index >= 15 is 0 Å². The Balaban J connectivity index is 1.06. The molecule has 0 atom stereocenters. The molecule has 16 aromatic rings. The average molecular weight is 1330 g/mol. The maximum atomic E-state index is 4.25. The van der Waals surface area contributed by atoms with E-state index in [2.05, 4.69) is 446 Å². The first-order valence-corrected chi connectivity index (χ1v) is 42.2. The summed E-state index contributed by atoms with van der Waals surface area (Å²) in [5, 5.41) is 21.0. The lowest BCUT2D eigenvalue weighted by atomic mass is 9.86. The molecule has 0 nitrogen and oxygen atoms in total. The smallest absolute Gasteiger partial charge is 0.109 e. The van der Waals surface area contributed by atoms with Crippen LogP contribution in [0.1, 0.15) is 22.3 Å². The zero-order chi connectivity index (χ0) is 67.0. The lowest BCUT2D eigenvalue weighted by molar-refractivity contribution is 1.66. The van der Waals surface area contributed by atoms with Gasteiger partial charge in [0.05, 0.1) is 0 Å². The molecule has 100 heavy (non-hydrogen) atoms. The van der Waals surface area contributed by atoms with E-state index in [9.17, 15) is 0 Å². The van der Waals surface area contributed by atoms with Crippen molar-refractivity contribution in [2.75, 3.05) is 0 Å². The highest BCUT2D eigenvalue weighted by Crippen LogP contribution is 2.40. The van der Waals surface area contributed by atoms with Crippen LogP contribution in [0.2, 0.25) is 0 Å². The first kappa shape index (κ1) is 62.5. The fourth-order valence-corrected chi connectivity index (χ4v) is 30.5. The standard InChI is InChI=1S/C96H66Si4/c1-13-37-79(38-14-1)97(80-39-15-2-16-40-80,81-41-17-3-18-42-81)69-65-75-73-76(66-70-98(82-43-19-4-20-44-82,83-45-21-5-22-46-83)84-47-23-6-24-48-84)92-63-64-94-78(68-72-100(88-55-31-10-32-56-88,89-57-33-11-34-58-89)90-59-35-12-36-60-90)74-77(93-62-61-91(75)95(92)96(93)94)67-71-99(85-49-25-7-26-50-85,86-51-27-8-28-52-86)87-53-29-9-30-54-87/h1-64,73-74H. The SMILES string of the molecule is C(#C[Si](c1ccccc1)(c1ccccc1)c1ccccc1)c1cc(C#C[Si](c2ccccc2)(c2ccccc2)c2ccccc2)c2ccc3c(C#C[Si](c4ccccc4)(c4ccccc4)c4ccccc4)cc(C#C[Si](c4ccccc4)(c4ccccc4)c4ccccc4)c4ccc1c2c43. The molecule has 16 rings (SSSR count). The van der Waals surface area contributed by atoms with Crippen molar-refractivity contribution in [3.8, 4) is 45.9 Å². The van der Waals surface area contributed by atoms with Crippen molar-refractivity contribution in [2.45, 2.75) is 0 Å². The van der Waals surface area contributed by atoms with Crippen LogP contribution in [0.25, 0.3) is 32.3 Å². The fraction of sp³-hybridized carbons (Fsp3) is 0. The minimum atomic E-state index is -3.13. The molecule has 16 aromatic carbocycles. The van der Waals surface area contributed by atoms with Crippen LogP contribution in [-0.2, 0) is 0 Å². The molecule has 0 fully saturated rings. The van der Waals surface area contributed by atoms with E-state index in [1.807, 2.05) is 0 Å². The van der Waals surface area contributed by atoms with Gasteiger partial charge in [0.2, 0.25) is 32.3 Å². The molecule has 0 unspecified atom stereocenters. The van der Waals surface area contributed by atoms with Crippen LogP contribution in [0, 0.1) is 45.9 Å². The van der Waals surface area contributed by atoms with Gasteiger partial charge in [-0.3, -0.25) is 0 Å². The predicted octanol–water partition coefficient (Wildman–Crippen LogP) is 12.8. The van der Waals surface area contributed by atoms with E-state index in [4.69, 9.17) is 0 Å². The Morgan fingerprint density at radius 3 is 0.380 bits per heavy atom. The predicted molar refractivity (Wildman–Crippen MR) is 434 cm³/mol. The molecule has 466 valence electrons. The zero-order valence-corrected chi connectivity index (χ0v) is 59.1. The highest BCUT2D eigenvalue weighted by molar-refractivity contribution is 7.18. The summed E-state index contributed by atoms with van der Waals surface area (Å²) < 4.78 is 0. The van der Waals surface area contributed by atoms with Crippen LogP contribution < -0.4 is 62.2 Å². The molecule has 0 aliphatic heterocycles. The second-order valence-corrected chi connectivity index (χ2v) is 39.3. The van der Waals surface area contributed by atoms with Gasteiger partial charge in [0.15, 0.2) is 0 Å². The topological polar surface area (TPSA) is 0 Å². The highest BCUT2D eigenvalue weighted by Gasteiger charge is 2.42. The minimum Gasteiger partial charge on any atom is -0.109 e. The highest BCUT2D eigenvalue weighted by atomic mass is 28.3. The first-order chi connectivity index (χ1) is 49.6. The summed E-state index contributed by atoms with van der Waals surface area (Å²) >= 11 is 0. The van der Waals surface area contributed by atoms with Gasteiger partial charge in [0, 0.05) is 22.3 Å². The van der Waals surface area contributed by atoms with E-state index in [1.54, 1.807) is 0 Å². The second-order valence-electron chi connectivity index (χ2n) is 25.4. The Morgan fingerprint density at radius 2 is 0.260 bits per heavy atom. The lowest BCUT2D eigenvalue weighted by Crippen LogP contribution is -2.66. The monoisotopic (exact) mass is 1330 g/mol. The molecule has 0 saturated carbocycles. The van der Waals surface area contributed by atoms with Crippen LogP contribution in [0.15, 0.2) is 400 Å². The maximum Gasteiger partial charge on any atom is 0.230 e. The van der Waals surface area contributed by atoms with Gasteiger partial charge < -0.3 is 0 Å². The maximum absolute atomic E-state index is 4.25. The first-order valence-electron chi connectivity index (χ1n) is 34.2. The normalized spacial score (nSPS) is 11.5. The molecule has 0 aromatic heterocycles. The summed E-state index contributed by atoms with van der Waals surface area (Å²) in [5.74, 6) is 16.4. The summed E-state index contributed by atoms with van der Waals surface area (Å²) in [5.41, 5.74) is 20.7. The molecular weight excluding hydrogens is 1270 g/mol. The number of benzene rings is 16. The molecule has 0 aliphatic carbocycles. The molecule has 0 radical (unpaired) electrons. The van der Waals surface area contributed by atoms with Gasteiger partial charge in [0.1, 0.15) is 0 Å². The van der Waals surface area contributed by atoms with Crippen molar-refractivity contribution in [1.82, 2.24) is 0 Å².